The number of sulfonamides is 1. The van der Waals surface area contributed by atoms with Crippen LogP contribution in [0.25, 0.3) is 0 Å². The highest BCUT2D eigenvalue weighted by atomic mass is 32.2. The molecular formula is C10H17N5O3S. The minimum absolute atomic E-state index is 0.0800. The number of nitrogens with two attached hydrogens (primary N) is 1. The van der Waals surface area contributed by atoms with Crippen LogP contribution in [0.15, 0.2) is 11.4 Å². The maximum atomic E-state index is 12.0. The van der Waals surface area contributed by atoms with Gasteiger partial charge in [0.05, 0.1) is 12.9 Å². The number of rotatable bonds is 4. The molecule has 1 aliphatic heterocycles. The second-order valence-corrected chi connectivity index (χ2v) is 6.14. The fourth-order valence-electron chi connectivity index (χ4n) is 2.07. The summed E-state index contributed by atoms with van der Waals surface area (Å²) in [6.45, 7) is 1.12. The van der Waals surface area contributed by atoms with E-state index in [1.165, 1.54) is 17.9 Å². The number of aryl methyl sites for hydroxylation is 1. The number of amides is 1. The average molecular weight is 287 g/mol. The second kappa shape index (κ2) is 5.17. The fourth-order valence-corrected chi connectivity index (χ4v) is 3.27. The molecule has 19 heavy (non-hydrogen) atoms. The van der Waals surface area contributed by atoms with E-state index in [0.717, 1.165) is 12.8 Å². The number of hydrogen-bond acceptors (Lipinski definition) is 5. The summed E-state index contributed by atoms with van der Waals surface area (Å²) in [5.74, 6) is -0.301. The molecule has 0 radical (unpaired) electrons. The van der Waals surface area contributed by atoms with E-state index in [2.05, 4.69) is 9.71 Å². The molecule has 2 heterocycles. The van der Waals surface area contributed by atoms with Crippen molar-refractivity contribution in [2.45, 2.75) is 17.9 Å². The molecule has 106 valence electrons. The first kappa shape index (κ1) is 13.8. The van der Waals surface area contributed by atoms with E-state index in [1.807, 2.05) is 0 Å². The number of hydrogen-bond donors (Lipinski definition) is 2. The summed E-state index contributed by atoms with van der Waals surface area (Å²) in [4.78, 5) is 17.1. The van der Waals surface area contributed by atoms with Gasteiger partial charge in [0.1, 0.15) is 0 Å². The van der Waals surface area contributed by atoms with Crippen molar-refractivity contribution in [2.24, 2.45) is 7.05 Å². The van der Waals surface area contributed by atoms with Crippen LogP contribution in [-0.4, -0.2) is 48.4 Å². The van der Waals surface area contributed by atoms with E-state index >= 15 is 0 Å². The lowest BCUT2D eigenvalue weighted by atomic mass is 10.4. The molecule has 9 heteroatoms. The molecule has 1 aromatic rings. The molecule has 0 atom stereocenters. The first-order valence-electron chi connectivity index (χ1n) is 5.96. The van der Waals surface area contributed by atoms with Crippen LogP contribution in [0.4, 0.5) is 5.82 Å². The first-order valence-corrected chi connectivity index (χ1v) is 7.44. The molecule has 1 amide bonds. The third-order valence-electron chi connectivity index (χ3n) is 3.04. The monoisotopic (exact) mass is 287 g/mol. The zero-order valence-corrected chi connectivity index (χ0v) is 11.5. The Balaban J connectivity index is 2.04. The number of likely N-dealkylation sites (tertiary alicyclic amines) is 1. The molecule has 0 saturated carbocycles. The summed E-state index contributed by atoms with van der Waals surface area (Å²) in [6.07, 6.45) is 3.24. The molecule has 0 bridgehead atoms. The van der Waals surface area contributed by atoms with Crippen molar-refractivity contribution in [3.8, 4) is 0 Å². The van der Waals surface area contributed by atoms with Crippen molar-refractivity contribution in [3.63, 3.8) is 0 Å². The zero-order chi connectivity index (χ0) is 14.0. The normalized spacial score (nSPS) is 15.9. The van der Waals surface area contributed by atoms with Gasteiger partial charge < -0.3 is 15.2 Å². The van der Waals surface area contributed by atoms with Crippen LogP contribution in [0.2, 0.25) is 0 Å². The quantitative estimate of drug-likeness (QED) is 0.730. The van der Waals surface area contributed by atoms with E-state index in [0.29, 0.717) is 13.1 Å². The van der Waals surface area contributed by atoms with Crippen molar-refractivity contribution < 1.29 is 13.2 Å². The minimum Gasteiger partial charge on any atom is -0.381 e. The number of nitrogens with one attached hydrogen (secondary N) is 1. The Hall–Kier alpha value is -1.61. The molecule has 1 aliphatic rings. The van der Waals surface area contributed by atoms with E-state index in [-0.39, 0.29) is 23.3 Å². The maximum Gasteiger partial charge on any atom is 0.260 e. The average Bonchev–Trinajstić information content (AvgIpc) is 2.96. The largest absolute Gasteiger partial charge is 0.381 e. The molecule has 1 saturated heterocycles. The molecule has 0 unspecified atom stereocenters. The Labute approximate surface area is 111 Å². The van der Waals surface area contributed by atoms with Crippen LogP contribution in [0.1, 0.15) is 12.8 Å². The van der Waals surface area contributed by atoms with E-state index in [4.69, 9.17) is 5.73 Å². The highest BCUT2D eigenvalue weighted by molar-refractivity contribution is 7.89. The van der Waals surface area contributed by atoms with Crippen molar-refractivity contribution in [1.82, 2.24) is 19.2 Å². The molecule has 8 nitrogen and oxygen atoms in total. The summed E-state index contributed by atoms with van der Waals surface area (Å²) >= 11 is 0. The number of carbonyl (C=O) groups is 1. The summed E-state index contributed by atoms with van der Waals surface area (Å²) < 4.78 is 27.6. The topological polar surface area (TPSA) is 110 Å². The lowest BCUT2D eigenvalue weighted by Crippen LogP contribution is -2.39. The molecule has 0 aromatic carbocycles. The van der Waals surface area contributed by atoms with Crippen LogP contribution in [0.3, 0.4) is 0 Å². The van der Waals surface area contributed by atoms with Gasteiger partial charge in [0.15, 0.2) is 10.8 Å². The van der Waals surface area contributed by atoms with Gasteiger partial charge in [0, 0.05) is 20.1 Å². The Morgan fingerprint density at radius 3 is 2.63 bits per heavy atom. The van der Waals surface area contributed by atoms with Crippen molar-refractivity contribution >= 4 is 21.7 Å². The van der Waals surface area contributed by atoms with Crippen LogP contribution in [0.5, 0.6) is 0 Å². The molecule has 2 rings (SSSR count). The van der Waals surface area contributed by atoms with Crippen LogP contribution in [0, 0.1) is 0 Å². The van der Waals surface area contributed by atoms with Crippen LogP contribution >= 0.6 is 0 Å². The molecule has 1 fully saturated rings. The molecule has 0 spiro atoms. The van der Waals surface area contributed by atoms with Crippen molar-refractivity contribution in [3.05, 3.63) is 6.33 Å². The number of anilines is 1. The van der Waals surface area contributed by atoms with Gasteiger partial charge in [-0.15, -0.1) is 0 Å². The lowest BCUT2D eigenvalue weighted by Gasteiger charge is -2.15. The highest BCUT2D eigenvalue weighted by Gasteiger charge is 2.25. The van der Waals surface area contributed by atoms with E-state index in [1.54, 1.807) is 4.90 Å². The second-order valence-electron chi connectivity index (χ2n) is 4.46. The van der Waals surface area contributed by atoms with Crippen molar-refractivity contribution in [2.75, 3.05) is 25.4 Å². The third-order valence-corrected chi connectivity index (χ3v) is 4.57. The zero-order valence-electron chi connectivity index (χ0n) is 10.7. The van der Waals surface area contributed by atoms with E-state index < -0.39 is 10.0 Å². The predicted molar refractivity (Wildman–Crippen MR) is 68.6 cm³/mol. The summed E-state index contributed by atoms with van der Waals surface area (Å²) in [7, 11) is -2.30. The minimum atomic E-state index is -3.82. The number of nitrogens with zero attached hydrogens (tertiary/aromatic N) is 3. The van der Waals surface area contributed by atoms with Gasteiger partial charge in [-0.05, 0) is 12.8 Å². The number of imidazole rings is 1. The summed E-state index contributed by atoms with van der Waals surface area (Å²) in [5.41, 5.74) is 5.51. The Morgan fingerprint density at radius 1 is 1.47 bits per heavy atom. The molecule has 0 aliphatic carbocycles. The van der Waals surface area contributed by atoms with Gasteiger partial charge in [-0.2, -0.15) is 0 Å². The van der Waals surface area contributed by atoms with Gasteiger partial charge in [0.2, 0.25) is 5.91 Å². The van der Waals surface area contributed by atoms with Gasteiger partial charge in [0.25, 0.3) is 10.0 Å². The van der Waals surface area contributed by atoms with Crippen LogP contribution < -0.4 is 10.5 Å². The SMILES string of the molecule is Cn1cnc(N)c1S(=O)(=O)NCC(=O)N1CCCC1. The Kier molecular flexibility index (Phi) is 3.76. The molecule has 3 N–H and O–H groups in total. The number of nitrogen functional groups attached to an aromatic ring is 1. The van der Waals surface area contributed by atoms with E-state index in [9.17, 15) is 13.2 Å². The summed E-state index contributed by atoms with van der Waals surface area (Å²) in [5, 5.41) is -0.123. The van der Waals surface area contributed by atoms with Crippen molar-refractivity contribution in [1.29, 1.82) is 0 Å². The number of carbonyl (C=O) groups excluding carboxylic acids is 1. The number of aromatic nitrogens is 2. The third kappa shape index (κ3) is 2.87. The maximum absolute atomic E-state index is 12.0. The Morgan fingerprint density at radius 2 is 2.11 bits per heavy atom. The van der Waals surface area contributed by atoms with Gasteiger partial charge >= 0.3 is 0 Å². The molecular weight excluding hydrogens is 270 g/mol. The lowest BCUT2D eigenvalue weighted by molar-refractivity contribution is -0.128. The van der Waals surface area contributed by atoms with Gasteiger partial charge in [-0.25, -0.2) is 18.1 Å². The first-order chi connectivity index (χ1) is 8.92. The standard InChI is InChI=1S/C10H17N5O3S/c1-14-7-12-9(11)10(14)19(17,18)13-6-8(16)15-4-2-3-5-15/h7,13H,2-6,11H2,1H3. The summed E-state index contributed by atoms with van der Waals surface area (Å²) in [6, 6.07) is 0. The van der Waals surface area contributed by atoms with Crippen LogP contribution in [-0.2, 0) is 21.9 Å². The molecule has 1 aromatic heterocycles. The smallest absolute Gasteiger partial charge is 0.260 e. The van der Waals surface area contributed by atoms with Gasteiger partial charge in [-0.1, -0.05) is 0 Å². The van der Waals surface area contributed by atoms with Gasteiger partial charge in [-0.3, -0.25) is 4.79 Å². The fraction of sp³-hybridized carbons (Fsp3) is 0.600. The highest BCUT2D eigenvalue weighted by Crippen LogP contribution is 2.15. The Bertz CT molecular complexity index is 554. The predicted octanol–water partition coefficient (Wildman–Crippen LogP) is -1.10.